The zero-order chi connectivity index (χ0) is 15.6. The van der Waals surface area contributed by atoms with E-state index in [2.05, 4.69) is 0 Å². The second kappa shape index (κ2) is 5.12. The molecular formula is C9H4N2O9. The van der Waals surface area contributed by atoms with E-state index in [1.54, 1.807) is 0 Å². The lowest BCUT2D eigenvalue weighted by Gasteiger charge is -2.15. The molecule has 20 heavy (non-hydrogen) atoms. The predicted octanol–water partition coefficient (Wildman–Crippen LogP) is -0.970. The second-order valence-corrected chi connectivity index (χ2v) is 3.43. The minimum Gasteiger partial charge on any atom is -0.478 e. The van der Waals surface area contributed by atoms with Crippen LogP contribution in [0.3, 0.4) is 0 Å². The van der Waals surface area contributed by atoms with Crippen molar-refractivity contribution in [1.82, 2.24) is 0 Å². The largest absolute Gasteiger partial charge is 0.478 e. The molecule has 0 aromatic rings. The first-order valence-electron chi connectivity index (χ1n) is 4.68. The van der Waals surface area contributed by atoms with Crippen molar-refractivity contribution in [2.75, 3.05) is 0 Å². The van der Waals surface area contributed by atoms with Crippen LogP contribution >= 0.6 is 0 Å². The van der Waals surface area contributed by atoms with Crippen LogP contribution in [0.1, 0.15) is 0 Å². The molecule has 0 amide bonds. The van der Waals surface area contributed by atoms with Crippen molar-refractivity contribution < 1.29 is 34.4 Å². The van der Waals surface area contributed by atoms with Crippen LogP contribution in [0.4, 0.5) is 0 Å². The molecule has 0 bridgehead atoms. The molecule has 1 rings (SSSR count). The van der Waals surface area contributed by atoms with Gasteiger partial charge in [0.05, 0.1) is 4.92 Å². The zero-order valence-corrected chi connectivity index (χ0v) is 9.30. The maximum Gasteiger partial charge on any atom is 0.343 e. The van der Waals surface area contributed by atoms with Crippen molar-refractivity contribution in [2.24, 2.45) is 0 Å². The molecule has 0 saturated heterocycles. The standard InChI is InChI=1S/C9H4N2O9/c12-2-3-1-4(10(17)18)5(8(13)14)6(9(15)16)7(3)11(19)20/h1,7H,(H,13,14)(H,15,16). The summed E-state index contributed by atoms with van der Waals surface area (Å²) in [6, 6.07) is -2.33. The monoisotopic (exact) mass is 284 g/mol. The van der Waals surface area contributed by atoms with Gasteiger partial charge in [0.25, 0.3) is 11.7 Å². The first-order chi connectivity index (χ1) is 9.22. The highest BCUT2D eigenvalue weighted by molar-refractivity contribution is 6.04. The normalized spacial score (nSPS) is 18.1. The van der Waals surface area contributed by atoms with Crippen LogP contribution in [0.5, 0.6) is 0 Å². The van der Waals surface area contributed by atoms with Crippen LogP contribution in [-0.2, 0) is 14.4 Å². The average molecular weight is 284 g/mol. The van der Waals surface area contributed by atoms with E-state index < -0.39 is 50.2 Å². The van der Waals surface area contributed by atoms with Crippen molar-refractivity contribution in [3.8, 4) is 0 Å². The van der Waals surface area contributed by atoms with Gasteiger partial charge in [-0.05, 0) is 0 Å². The van der Waals surface area contributed by atoms with Crippen molar-refractivity contribution in [1.29, 1.82) is 0 Å². The Bertz CT molecular complexity index is 650. The highest BCUT2D eigenvalue weighted by Gasteiger charge is 2.47. The molecule has 0 fully saturated rings. The Morgan fingerprint density at radius 1 is 1.20 bits per heavy atom. The Balaban J connectivity index is 3.83. The SMILES string of the molecule is O=C=C1C=C([N+](=O)[O-])C(C(=O)O)=C(C(=O)O)C1[N+](=O)[O-]. The van der Waals surface area contributed by atoms with E-state index in [-0.39, 0.29) is 0 Å². The number of carboxylic acids is 2. The topological polar surface area (TPSA) is 178 Å². The summed E-state index contributed by atoms with van der Waals surface area (Å²) in [4.78, 5) is 51.6. The highest BCUT2D eigenvalue weighted by Crippen LogP contribution is 2.30. The maximum atomic E-state index is 11.0. The van der Waals surface area contributed by atoms with Crippen LogP contribution in [0.2, 0.25) is 0 Å². The van der Waals surface area contributed by atoms with Gasteiger partial charge in [-0.15, -0.1) is 0 Å². The second-order valence-electron chi connectivity index (χ2n) is 3.43. The van der Waals surface area contributed by atoms with Crippen LogP contribution in [0.15, 0.2) is 28.5 Å². The summed E-state index contributed by atoms with van der Waals surface area (Å²) in [5.41, 5.74) is -4.88. The number of carbonyl (C=O) groups is 2. The third kappa shape index (κ3) is 2.28. The molecular weight excluding hydrogens is 280 g/mol. The quantitative estimate of drug-likeness (QED) is 0.373. The van der Waals surface area contributed by atoms with Crippen molar-refractivity contribution in [3.63, 3.8) is 0 Å². The predicted molar refractivity (Wildman–Crippen MR) is 57.4 cm³/mol. The molecule has 1 aliphatic carbocycles. The summed E-state index contributed by atoms with van der Waals surface area (Å²) >= 11 is 0. The first kappa shape index (κ1) is 14.7. The number of hydrogen-bond acceptors (Lipinski definition) is 7. The van der Waals surface area contributed by atoms with Crippen LogP contribution in [0, 0.1) is 20.2 Å². The number of carboxylic acid groups (broad SMARTS) is 2. The van der Waals surface area contributed by atoms with E-state index in [4.69, 9.17) is 10.2 Å². The number of nitro groups is 2. The Kier molecular flexibility index (Phi) is 3.77. The van der Waals surface area contributed by atoms with E-state index in [9.17, 15) is 34.6 Å². The van der Waals surface area contributed by atoms with Crippen LogP contribution in [-0.4, -0.2) is 44.0 Å². The third-order valence-corrected chi connectivity index (χ3v) is 2.36. The van der Waals surface area contributed by atoms with Gasteiger partial charge >= 0.3 is 11.9 Å². The molecule has 1 atom stereocenters. The fourth-order valence-corrected chi connectivity index (χ4v) is 1.63. The number of hydrogen-bond donors (Lipinski definition) is 2. The fourth-order valence-electron chi connectivity index (χ4n) is 1.63. The lowest BCUT2D eigenvalue weighted by Crippen LogP contribution is -2.35. The van der Waals surface area contributed by atoms with Gasteiger partial charge < -0.3 is 10.2 Å². The van der Waals surface area contributed by atoms with Gasteiger partial charge in [0.2, 0.25) is 0 Å². The molecule has 0 radical (unpaired) electrons. The Morgan fingerprint density at radius 2 is 1.75 bits per heavy atom. The smallest absolute Gasteiger partial charge is 0.343 e. The summed E-state index contributed by atoms with van der Waals surface area (Å²) in [5.74, 6) is -3.06. The molecule has 11 nitrogen and oxygen atoms in total. The van der Waals surface area contributed by atoms with Gasteiger partial charge in [0, 0.05) is 11.0 Å². The maximum absolute atomic E-state index is 11.0. The van der Waals surface area contributed by atoms with Crippen molar-refractivity contribution in [2.45, 2.75) is 6.04 Å². The number of carbonyl (C=O) groups excluding carboxylic acids is 1. The summed E-state index contributed by atoms with van der Waals surface area (Å²) in [7, 11) is 0. The summed E-state index contributed by atoms with van der Waals surface area (Å²) in [5, 5.41) is 39.2. The lowest BCUT2D eigenvalue weighted by atomic mass is 9.88. The minimum absolute atomic E-state index is 0.330. The Morgan fingerprint density at radius 3 is 2.05 bits per heavy atom. The van der Waals surface area contributed by atoms with E-state index in [1.165, 1.54) is 0 Å². The molecule has 1 aliphatic rings. The number of rotatable bonds is 4. The number of nitrogens with zero attached hydrogens (tertiary/aromatic N) is 2. The van der Waals surface area contributed by atoms with Gasteiger partial charge in [0.15, 0.2) is 5.57 Å². The molecule has 0 aromatic heterocycles. The molecule has 2 N–H and O–H groups in total. The molecule has 0 heterocycles. The van der Waals surface area contributed by atoms with Crippen LogP contribution in [0.25, 0.3) is 0 Å². The van der Waals surface area contributed by atoms with Crippen molar-refractivity contribution >= 4 is 17.9 Å². The number of aliphatic carboxylic acids is 2. The minimum atomic E-state index is -2.33. The van der Waals surface area contributed by atoms with Crippen LogP contribution < -0.4 is 0 Å². The zero-order valence-electron chi connectivity index (χ0n) is 9.30. The third-order valence-electron chi connectivity index (χ3n) is 2.36. The van der Waals surface area contributed by atoms with Gasteiger partial charge in [-0.25, -0.2) is 14.4 Å². The van der Waals surface area contributed by atoms with Gasteiger partial charge in [0.1, 0.15) is 17.1 Å². The first-order valence-corrected chi connectivity index (χ1v) is 4.68. The van der Waals surface area contributed by atoms with Gasteiger partial charge in [-0.1, -0.05) is 0 Å². The highest BCUT2D eigenvalue weighted by atomic mass is 16.6. The van der Waals surface area contributed by atoms with E-state index in [0.29, 0.717) is 6.08 Å². The molecule has 0 aromatic carbocycles. The van der Waals surface area contributed by atoms with E-state index in [1.807, 2.05) is 0 Å². The van der Waals surface area contributed by atoms with E-state index >= 15 is 0 Å². The lowest BCUT2D eigenvalue weighted by molar-refractivity contribution is -0.501. The Labute approximate surface area is 108 Å². The molecule has 1 unspecified atom stereocenters. The Hall–Kier alpha value is -3.33. The molecule has 0 spiro atoms. The molecule has 11 heteroatoms. The van der Waals surface area contributed by atoms with Gasteiger partial charge in [-0.2, -0.15) is 0 Å². The molecule has 0 aliphatic heterocycles. The van der Waals surface area contributed by atoms with Crippen molar-refractivity contribution in [3.05, 3.63) is 48.7 Å². The van der Waals surface area contributed by atoms with E-state index in [0.717, 1.165) is 5.94 Å². The summed E-state index contributed by atoms with van der Waals surface area (Å²) in [6.07, 6.45) is 0.330. The molecule has 104 valence electrons. The fraction of sp³-hybridized carbons (Fsp3) is 0.111. The average Bonchev–Trinajstić information content (AvgIpc) is 2.35. The summed E-state index contributed by atoms with van der Waals surface area (Å²) < 4.78 is 0. The molecule has 0 saturated carbocycles. The summed E-state index contributed by atoms with van der Waals surface area (Å²) in [6.45, 7) is 0. The van der Waals surface area contributed by atoms with Gasteiger partial charge in [-0.3, -0.25) is 20.2 Å².